The standard InChI is InChI=1S/C66H112O6/c1-4-7-10-13-16-18-20-22-24-26-27-28-29-30-31-32-33-34-35-36-37-38-39-40-42-43-45-47-50-53-56-59-65(68)71-62-63(61-70-64(67)58-55-52-49-15-12-9-6-3)72-66(69)60-57-54-51-48-46-44-41-25-23-21-19-17-14-11-8-5-2/h7,10,16,18,22,24,27-28,30-31,33-34,36-37,39-40,63H,4-6,8-9,11-15,17,19-21,23,25-26,29,32,35,38,41-62H2,1-3H3/b10-7-,18-16-,24-22-,28-27-,31-30-,34-33-,37-36-,40-39-. The fraction of sp³-hybridized carbons (Fsp3) is 0.712. The molecule has 6 nitrogen and oxygen atoms in total. The molecule has 0 spiro atoms. The van der Waals surface area contributed by atoms with Crippen LogP contribution in [0.25, 0.3) is 0 Å². The predicted molar refractivity (Wildman–Crippen MR) is 311 cm³/mol. The molecule has 0 rings (SSSR count). The van der Waals surface area contributed by atoms with Gasteiger partial charge in [0.2, 0.25) is 0 Å². The van der Waals surface area contributed by atoms with Crippen molar-refractivity contribution >= 4 is 17.9 Å². The number of ether oxygens (including phenoxy) is 3. The van der Waals surface area contributed by atoms with Crippen molar-refractivity contribution in [3.63, 3.8) is 0 Å². The van der Waals surface area contributed by atoms with E-state index in [9.17, 15) is 14.4 Å². The summed E-state index contributed by atoms with van der Waals surface area (Å²) < 4.78 is 16.8. The molecule has 0 aromatic carbocycles. The zero-order valence-corrected chi connectivity index (χ0v) is 47.2. The van der Waals surface area contributed by atoms with Crippen LogP contribution in [0.15, 0.2) is 97.2 Å². The number of esters is 3. The Kier molecular flexibility index (Phi) is 56.8. The van der Waals surface area contributed by atoms with Gasteiger partial charge in [-0.25, -0.2) is 0 Å². The Labute approximate surface area is 445 Å². The van der Waals surface area contributed by atoms with Gasteiger partial charge in [0.05, 0.1) is 0 Å². The van der Waals surface area contributed by atoms with E-state index in [1.165, 1.54) is 122 Å². The minimum atomic E-state index is -0.779. The molecule has 1 unspecified atom stereocenters. The van der Waals surface area contributed by atoms with Crippen molar-refractivity contribution in [2.24, 2.45) is 0 Å². The highest BCUT2D eigenvalue weighted by Crippen LogP contribution is 2.16. The Hall–Kier alpha value is -3.67. The lowest BCUT2D eigenvalue weighted by Crippen LogP contribution is -2.30. The van der Waals surface area contributed by atoms with Gasteiger partial charge in [0.1, 0.15) is 13.2 Å². The van der Waals surface area contributed by atoms with Gasteiger partial charge in [-0.2, -0.15) is 0 Å². The summed E-state index contributed by atoms with van der Waals surface area (Å²) >= 11 is 0. The van der Waals surface area contributed by atoms with Crippen molar-refractivity contribution in [2.75, 3.05) is 13.2 Å². The molecule has 72 heavy (non-hydrogen) atoms. The molecule has 0 saturated carbocycles. The largest absolute Gasteiger partial charge is 0.462 e. The molecule has 0 fully saturated rings. The minimum Gasteiger partial charge on any atom is -0.462 e. The summed E-state index contributed by atoms with van der Waals surface area (Å²) in [4.78, 5) is 38.0. The van der Waals surface area contributed by atoms with Crippen LogP contribution in [0, 0.1) is 0 Å². The average molecular weight is 1000 g/mol. The SMILES string of the molecule is CC/C=C\C/C=C\C/C=C\C/C=C\C/C=C\C/C=C\C/C=C\C/C=C\CCCCCCCCC(=O)OCC(COC(=O)CCCCCCCCC)OC(=O)CCCCCCCCCCCCCCCCCC. The van der Waals surface area contributed by atoms with Gasteiger partial charge in [-0.15, -0.1) is 0 Å². The maximum absolute atomic E-state index is 12.8. The second-order valence-electron chi connectivity index (χ2n) is 19.9. The summed E-state index contributed by atoms with van der Waals surface area (Å²) in [7, 11) is 0. The van der Waals surface area contributed by atoms with Crippen LogP contribution in [0.3, 0.4) is 0 Å². The molecular formula is C66H112O6. The molecular weight excluding hydrogens is 889 g/mol. The average Bonchev–Trinajstić information content (AvgIpc) is 3.38. The van der Waals surface area contributed by atoms with Crippen molar-refractivity contribution in [1.82, 2.24) is 0 Å². The van der Waals surface area contributed by atoms with Gasteiger partial charge in [-0.3, -0.25) is 14.4 Å². The van der Waals surface area contributed by atoms with E-state index in [0.717, 1.165) is 122 Å². The van der Waals surface area contributed by atoms with Crippen molar-refractivity contribution < 1.29 is 28.6 Å². The normalized spacial score (nSPS) is 12.8. The summed E-state index contributed by atoms with van der Waals surface area (Å²) in [5.41, 5.74) is 0. The van der Waals surface area contributed by atoms with E-state index < -0.39 is 6.10 Å². The van der Waals surface area contributed by atoms with Crippen LogP contribution in [0.1, 0.15) is 284 Å². The molecule has 0 aliphatic heterocycles. The van der Waals surface area contributed by atoms with E-state index >= 15 is 0 Å². The third-order valence-corrected chi connectivity index (χ3v) is 12.9. The number of unbranched alkanes of at least 4 members (excludes halogenated alkanes) is 27. The smallest absolute Gasteiger partial charge is 0.306 e. The van der Waals surface area contributed by atoms with Crippen LogP contribution >= 0.6 is 0 Å². The Morgan fingerprint density at radius 3 is 0.847 bits per heavy atom. The highest BCUT2D eigenvalue weighted by atomic mass is 16.6. The van der Waals surface area contributed by atoms with E-state index in [0.29, 0.717) is 19.3 Å². The lowest BCUT2D eigenvalue weighted by molar-refractivity contribution is -0.167. The second kappa shape index (κ2) is 59.9. The zero-order chi connectivity index (χ0) is 52.2. The van der Waals surface area contributed by atoms with Crippen LogP contribution in [-0.2, 0) is 28.6 Å². The van der Waals surface area contributed by atoms with Crippen LogP contribution < -0.4 is 0 Å². The number of carbonyl (C=O) groups excluding carboxylic acids is 3. The number of rotatable bonds is 54. The van der Waals surface area contributed by atoms with E-state index in [4.69, 9.17) is 14.2 Å². The predicted octanol–water partition coefficient (Wildman–Crippen LogP) is 20.5. The minimum absolute atomic E-state index is 0.0791. The topological polar surface area (TPSA) is 78.9 Å². The van der Waals surface area contributed by atoms with Crippen LogP contribution in [-0.4, -0.2) is 37.2 Å². The molecule has 0 aliphatic carbocycles. The van der Waals surface area contributed by atoms with E-state index in [2.05, 4.69) is 118 Å². The molecule has 0 radical (unpaired) electrons. The van der Waals surface area contributed by atoms with Crippen molar-refractivity contribution in [1.29, 1.82) is 0 Å². The second-order valence-corrected chi connectivity index (χ2v) is 19.9. The fourth-order valence-corrected chi connectivity index (χ4v) is 8.34. The van der Waals surface area contributed by atoms with Gasteiger partial charge < -0.3 is 14.2 Å². The highest BCUT2D eigenvalue weighted by molar-refractivity contribution is 5.71. The lowest BCUT2D eigenvalue weighted by atomic mass is 10.0. The maximum Gasteiger partial charge on any atom is 0.306 e. The van der Waals surface area contributed by atoms with Crippen LogP contribution in [0.5, 0.6) is 0 Å². The first kappa shape index (κ1) is 68.3. The number of hydrogen-bond donors (Lipinski definition) is 0. The first-order valence-electron chi connectivity index (χ1n) is 30.2. The summed E-state index contributed by atoms with van der Waals surface area (Å²) in [6.07, 6.45) is 80.0. The van der Waals surface area contributed by atoms with Crippen LogP contribution in [0.2, 0.25) is 0 Å². The van der Waals surface area contributed by atoms with Crippen molar-refractivity contribution in [3.8, 4) is 0 Å². The molecule has 0 aliphatic rings. The number of carbonyl (C=O) groups is 3. The molecule has 1 atom stereocenters. The Morgan fingerprint density at radius 2 is 0.542 bits per heavy atom. The summed E-state index contributed by atoms with van der Waals surface area (Å²) in [6, 6.07) is 0. The molecule has 0 heterocycles. The summed E-state index contributed by atoms with van der Waals surface area (Å²) in [5, 5.41) is 0. The molecule has 0 N–H and O–H groups in total. The molecule has 412 valence electrons. The van der Waals surface area contributed by atoms with Gasteiger partial charge in [-0.05, 0) is 83.5 Å². The van der Waals surface area contributed by atoms with Gasteiger partial charge in [0, 0.05) is 19.3 Å². The van der Waals surface area contributed by atoms with Gasteiger partial charge >= 0.3 is 17.9 Å². The van der Waals surface area contributed by atoms with Crippen molar-refractivity contribution in [2.45, 2.75) is 290 Å². The van der Waals surface area contributed by atoms with Gasteiger partial charge in [0.15, 0.2) is 6.10 Å². The fourth-order valence-electron chi connectivity index (χ4n) is 8.34. The third kappa shape index (κ3) is 57.2. The Bertz CT molecular complexity index is 1430. The van der Waals surface area contributed by atoms with Gasteiger partial charge in [-0.1, -0.05) is 279 Å². The molecule has 0 aromatic heterocycles. The van der Waals surface area contributed by atoms with E-state index in [-0.39, 0.29) is 31.1 Å². The molecule has 6 heteroatoms. The molecule has 0 amide bonds. The lowest BCUT2D eigenvalue weighted by Gasteiger charge is -2.18. The number of allylic oxidation sites excluding steroid dienone is 16. The van der Waals surface area contributed by atoms with Gasteiger partial charge in [0.25, 0.3) is 0 Å². The zero-order valence-electron chi connectivity index (χ0n) is 47.2. The monoisotopic (exact) mass is 1000 g/mol. The van der Waals surface area contributed by atoms with Crippen molar-refractivity contribution in [3.05, 3.63) is 97.2 Å². The first-order valence-corrected chi connectivity index (χ1v) is 30.2. The molecule has 0 saturated heterocycles. The quantitative estimate of drug-likeness (QED) is 0.0261. The molecule has 0 bridgehead atoms. The molecule has 0 aromatic rings. The highest BCUT2D eigenvalue weighted by Gasteiger charge is 2.19. The third-order valence-electron chi connectivity index (χ3n) is 12.9. The van der Waals surface area contributed by atoms with Crippen LogP contribution in [0.4, 0.5) is 0 Å². The first-order chi connectivity index (χ1) is 35.5. The maximum atomic E-state index is 12.8. The van der Waals surface area contributed by atoms with E-state index in [1.54, 1.807) is 0 Å². The summed E-state index contributed by atoms with van der Waals surface area (Å²) in [6.45, 7) is 6.49. The Morgan fingerprint density at radius 1 is 0.292 bits per heavy atom. The summed E-state index contributed by atoms with van der Waals surface area (Å²) in [5.74, 6) is -0.894. The number of hydrogen-bond acceptors (Lipinski definition) is 6. The Balaban J connectivity index is 4.17. The van der Waals surface area contributed by atoms with E-state index in [1.807, 2.05) is 0 Å².